The molecule has 2 nitrogen and oxygen atoms in total. The van der Waals surface area contributed by atoms with Crippen LogP contribution in [0, 0.1) is 19.8 Å². The van der Waals surface area contributed by atoms with Crippen molar-refractivity contribution in [3.05, 3.63) is 81.7 Å². The van der Waals surface area contributed by atoms with Gasteiger partial charge >= 0.3 is 0 Å². The third kappa shape index (κ3) is 13.4. The average Bonchev–Trinajstić information content (AvgIpc) is 3.33. The molecule has 0 aliphatic rings. The Balaban J connectivity index is 0.000000471. The lowest BCUT2D eigenvalue weighted by Crippen LogP contribution is -2.07. The molecule has 0 bridgehead atoms. The first kappa shape index (κ1) is 30.0. The Morgan fingerprint density at radius 3 is 2.06 bits per heavy atom. The number of aliphatic imine (C=N–C) groups is 1. The van der Waals surface area contributed by atoms with E-state index in [0.717, 1.165) is 29.4 Å². The molecule has 0 spiro atoms. The van der Waals surface area contributed by atoms with Crippen LogP contribution in [-0.2, 0) is 0 Å². The summed E-state index contributed by atoms with van der Waals surface area (Å²) in [6, 6.07) is 12.5. The predicted molar refractivity (Wildman–Crippen MR) is 148 cm³/mol. The van der Waals surface area contributed by atoms with Crippen molar-refractivity contribution in [3.8, 4) is 0 Å². The highest BCUT2D eigenvalue weighted by Crippen LogP contribution is 2.15. The molecule has 0 radical (unpaired) electrons. The lowest BCUT2D eigenvalue weighted by molar-refractivity contribution is 0.427. The zero-order valence-corrected chi connectivity index (χ0v) is 22.4. The van der Waals surface area contributed by atoms with Crippen LogP contribution in [0.5, 0.6) is 0 Å². The quantitative estimate of drug-likeness (QED) is 0.298. The van der Waals surface area contributed by atoms with Gasteiger partial charge in [-0.05, 0) is 81.6 Å². The van der Waals surface area contributed by atoms with E-state index in [4.69, 9.17) is 5.73 Å². The van der Waals surface area contributed by atoms with E-state index in [1.165, 1.54) is 48.1 Å². The van der Waals surface area contributed by atoms with E-state index in [1.54, 1.807) is 11.3 Å². The van der Waals surface area contributed by atoms with E-state index >= 15 is 0 Å². The maximum atomic E-state index is 5.48. The Kier molecular flexibility index (Phi) is 17.4. The van der Waals surface area contributed by atoms with Crippen molar-refractivity contribution < 1.29 is 0 Å². The highest BCUT2D eigenvalue weighted by Gasteiger charge is 2.02. The van der Waals surface area contributed by atoms with E-state index in [-0.39, 0.29) is 0 Å². The van der Waals surface area contributed by atoms with Crippen LogP contribution in [0.1, 0.15) is 82.7 Å². The number of aryl methyl sites for hydroxylation is 2. The molecule has 2 N–H and O–H groups in total. The summed E-state index contributed by atoms with van der Waals surface area (Å²) in [6.07, 6.45) is 8.58. The molecule has 0 amide bonds. The zero-order valence-electron chi connectivity index (χ0n) is 21.6. The van der Waals surface area contributed by atoms with Gasteiger partial charge in [0, 0.05) is 4.88 Å². The summed E-state index contributed by atoms with van der Waals surface area (Å²) in [6.45, 7) is 19.5. The van der Waals surface area contributed by atoms with Crippen molar-refractivity contribution in [1.82, 2.24) is 0 Å². The molecular formula is C29H46N2S. The van der Waals surface area contributed by atoms with Gasteiger partial charge in [0.15, 0.2) is 0 Å². The van der Waals surface area contributed by atoms with Crippen LogP contribution in [0.15, 0.2) is 70.7 Å². The highest BCUT2D eigenvalue weighted by atomic mass is 32.1. The second-order valence-electron chi connectivity index (χ2n) is 8.21. The van der Waals surface area contributed by atoms with Crippen LogP contribution in [0.25, 0.3) is 0 Å². The van der Waals surface area contributed by atoms with E-state index < -0.39 is 0 Å². The molecule has 178 valence electrons. The minimum atomic E-state index is 0.863. The Labute approximate surface area is 202 Å². The molecule has 0 fully saturated rings. The Morgan fingerprint density at radius 1 is 1.06 bits per heavy atom. The Hall–Kier alpha value is -1.97. The summed E-state index contributed by atoms with van der Waals surface area (Å²) in [5.74, 6) is 0.893. The molecule has 0 aliphatic heterocycles. The van der Waals surface area contributed by atoms with Crippen molar-refractivity contribution in [2.45, 2.75) is 80.6 Å². The van der Waals surface area contributed by atoms with Crippen LogP contribution in [0.4, 0.5) is 0 Å². The SMILES string of the molecule is C=C(C)/C(=C/C)N=C(C)c1cccs1.CCCCC(CC)CCN.Cc1ccccc1C. The second-order valence-corrected chi connectivity index (χ2v) is 9.15. The fraction of sp³-hybridized carbons (Fsp3) is 0.483. The minimum Gasteiger partial charge on any atom is -0.330 e. The summed E-state index contributed by atoms with van der Waals surface area (Å²) in [4.78, 5) is 5.74. The number of unbranched alkanes of at least 4 members (excludes halogenated alkanes) is 1. The molecule has 1 aromatic heterocycles. The summed E-state index contributed by atoms with van der Waals surface area (Å²) in [5.41, 5.74) is 11.2. The van der Waals surface area contributed by atoms with E-state index in [9.17, 15) is 0 Å². The first-order chi connectivity index (χ1) is 15.3. The first-order valence-corrected chi connectivity index (χ1v) is 12.8. The first-order valence-electron chi connectivity index (χ1n) is 11.9. The Morgan fingerprint density at radius 2 is 1.69 bits per heavy atom. The molecule has 3 heteroatoms. The fourth-order valence-electron chi connectivity index (χ4n) is 3.07. The van der Waals surface area contributed by atoms with Crippen molar-refractivity contribution >= 4 is 17.0 Å². The molecule has 1 heterocycles. The number of rotatable bonds is 9. The van der Waals surface area contributed by atoms with Crippen LogP contribution in [-0.4, -0.2) is 12.3 Å². The maximum Gasteiger partial charge on any atom is 0.0614 e. The van der Waals surface area contributed by atoms with Gasteiger partial charge in [0.05, 0.1) is 11.4 Å². The van der Waals surface area contributed by atoms with Crippen LogP contribution >= 0.6 is 11.3 Å². The molecule has 2 rings (SSSR count). The summed E-state index contributed by atoms with van der Waals surface area (Å²) >= 11 is 1.71. The molecule has 1 aromatic carbocycles. The molecule has 0 saturated carbocycles. The van der Waals surface area contributed by atoms with Crippen molar-refractivity contribution in [3.63, 3.8) is 0 Å². The van der Waals surface area contributed by atoms with Crippen LogP contribution in [0.3, 0.4) is 0 Å². The summed E-state index contributed by atoms with van der Waals surface area (Å²) in [7, 11) is 0. The van der Waals surface area contributed by atoms with Gasteiger partial charge in [-0.3, -0.25) is 4.99 Å². The number of nitrogens with two attached hydrogens (primary N) is 1. The van der Waals surface area contributed by atoms with Crippen LogP contribution < -0.4 is 5.73 Å². The number of hydrogen-bond donors (Lipinski definition) is 1. The molecule has 2 aromatic rings. The largest absolute Gasteiger partial charge is 0.330 e. The fourth-order valence-corrected chi connectivity index (χ4v) is 3.75. The monoisotopic (exact) mass is 454 g/mol. The number of nitrogens with zero attached hydrogens (tertiary/aromatic N) is 1. The molecular weight excluding hydrogens is 408 g/mol. The van der Waals surface area contributed by atoms with Crippen molar-refractivity contribution in [2.75, 3.05) is 6.54 Å². The number of allylic oxidation sites excluding steroid dienone is 2. The van der Waals surface area contributed by atoms with Gasteiger partial charge in [0.1, 0.15) is 0 Å². The topological polar surface area (TPSA) is 38.4 Å². The van der Waals surface area contributed by atoms with E-state index in [2.05, 4.69) is 75.0 Å². The summed E-state index contributed by atoms with van der Waals surface area (Å²) in [5, 5.41) is 2.06. The number of thiophene rings is 1. The highest BCUT2D eigenvalue weighted by molar-refractivity contribution is 7.12. The smallest absolute Gasteiger partial charge is 0.0614 e. The standard InChI is InChI=1S/C12H15NS.C9H21N.C8H10/c1-5-11(9(2)3)13-10(4)12-7-6-8-14-12;1-3-5-6-9(4-2)7-8-10;1-7-5-3-4-6-8(7)2/h5-8H,2H2,1,3-4H3;9H,3-8,10H2,1-2H3;3-6H,1-2H3/b11-5-,13-10?;;. The lowest BCUT2D eigenvalue weighted by Gasteiger charge is -2.11. The van der Waals surface area contributed by atoms with E-state index in [1.807, 2.05) is 32.9 Å². The lowest BCUT2D eigenvalue weighted by atomic mass is 9.96. The Bertz CT molecular complexity index is 779. The van der Waals surface area contributed by atoms with Gasteiger partial charge in [-0.15, -0.1) is 11.3 Å². The third-order valence-corrected chi connectivity index (χ3v) is 6.40. The zero-order chi connectivity index (χ0) is 24.4. The molecule has 32 heavy (non-hydrogen) atoms. The van der Waals surface area contributed by atoms with Gasteiger partial charge in [0.25, 0.3) is 0 Å². The molecule has 0 aliphatic carbocycles. The summed E-state index contributed by atoms with van der Waals surface area (Å²) < 4.78 is 0. The maximum absolute atomic E-state index is 5.48. The molecule has 1 atom stereocenters. The predicted octanol–water partition coefficient (Wildman–Crippen LogP) is 8.89. The minimum absolute atomic E-state index is 0.863. The number of hydrogen-bond acceptors (Lipinski definition) is 3. The third-order valence-electron chi connectivity index (χ3n) is 5.42. The second kappa shape index (κ2) is 18.6. The molecule has 1 unspecified atom stereocenters. The average molecular weight is 455 g/mol. The number of benzene rings is 1. The normalized spacial score (nSPS) is 12.2. The van der Waals surface area contributed by atoms with Gasteiger partial charge in [0.2, 0.25) is 0 Å². The van der Waals surface area contributed by atoms with Gasteiger partial charge < -0.3 is 5.73 Å². The van der Waals surface area contributed by atoms with Gasteiger partial charge in [-0.25, -0.2) is 0 Å². The van der Waals surface area contributed by atoms with Gasteiger partial charge in [-0.2, -0.15) is 0 Å². The van der Waals surface area contributed by atoms with Crippen molar-refractivity contribution in [1.29, 1.82) is 0 Å². The van der Waals surface area contributed by atoms with Crippen LogP contribution in [0.2, 0.25) is 0 Å². The van der Waals surface area contributed by atoms with E-state index in [0.29, 0.717) is 0 Å². The van der Waals surface area contributed by atoms with Crippen molar-refractivity contribution in [2.24, 2.45) is 16.6 Å². The molecule has 0 saturated heterocycles. The van der Waals surface area contributed by atoms with Gasteiger partial charge in [-0.1, -0.05) is 82.5 Å².